The van der Waals surface area contributed by atoms with Crippen LogP contribution in [0.25, 0.3) is 0 Å². The quantitative estimate of drug-likeness (QED) is 0.554. The van der Waals surface area contributed by atoms with E-state index in [-0.39, 0.29) is 0 Å². The van der Waals surface area contributed by atoms with E-state index in [0.717, 1.165) is 5.82 Å². The van der Waals surface area contributed by atoms with Gasteiger partial charge in [0.1, 0.15) is 11.9 Å². The number of H-pyrrole nitrogens is 1. The molecule has 1 aromatic rings. The SMILES string of the molecule is C[C@@H](NC(=O)NCCc1ncc[nH]1)C(=O)O. The molecule has 1 heterocycles. The van der Waals surface area contributed by atoms with E-state index in [1.54, 1.807) is 12.4 Å². The van der Waals surface area contributed by atoms with Gasteiger partial charge in [-0.2, -0.15) is 0 Å². The molecule has 16 heavy (non-hydrogen) atoms. The molecule has 1 aromatic heterocycles. The molecule has 1 rings (SSSR count). The van der Waals surface area contributed by atoms with Crippen LogP contribution in [0.15, 0.2) is 12.4 Å². The van der Waals surface area contributed by atoms with Gasteiger partial charge in [-0.05, 0) is 6.92 Å². The van der Waals surface area contributed by atoms with Gasteiger partial charge < -0.3 is 20.7 Å². The van der Waals surface area contributed by atoms with Crippen LogP contribution in [0.5, 0.6) is 0 Å². The number of hydrogen-bond donors (Lipinski definition) is 4. The lowest BCUT2D eigenvalue weighted by Crippen LogP contribution is -2.44. The number of aliphatic carboxylic acids is 1. The highest BCUT2D eigenvalue weighted by molar-refractivity contribution is 5.82. The van der Waals surface area contributed by atoms with Crippen molar-refractivity contribution in [1.29, 1.82) is 0 Å². The summed E-state index contributed by atoms with van der Waals surface area (Å²) in [7, 11) is 0. The van der Waals surface area contributed by atoms with E-state index in [1.807, 2.05) is 0 Å². The number of carboxylic acid groups (broad SMARTS) is 1. The number of amides is 2. The van der Waals surface area contributed by atoms with Crippen molar-refractivity contribution in [3.05, 3.63) is 18.2 Å². The van der Waals surface area contributed by atoms with Crippen LogP contribution in [0.2, 0.25) is 0 Å². The van der Waals surface area contributed by atoms with Gasteiger partial charge in [-0.15, -0.1) is 0 Å². The van der Waals surface area contributed by atoms with E-state index in [0.29, 0.717) is 13.0 Å². The van der Waals surface area contributed by atoms with Gasteiger partial charge in [-0.1, -0.05) is 0 Å². The van der Waals surface area contributed by atoms with Crippen LogP contribution in [0.4, 0.5) is 4.79 Å². The van der Waals surface area contributed by atoms with E-state index in [9.17, 15) is 9.59 Å². The molecule has 7 heteroatoms. The summed E-state index contributed by atoms with van der Waals surface area (Å²) in [6.07, 6.45) is 3.89. The van der Waals surface area contributed by atoms with Gasteiger partial charge in [-0.3, -0.25) is 4.79 Å². The zero-order chi connectivity index (χ0) is 12.0. The lowest BCUT2D eigenvalue weighted by molar-refractivity contribution is -0.138. The van der Waals surface area contributed by atoms with Gasteiger partial charge >= 0.3 is 12.0 Å². The van der Waals surface area contributed by atoms with Crippen molar-refractivity contribution in [1.82, 2.24) is 20.6 Å². The molecular formula is C9H14N4O3. The molecule has 0 saturated heterocycles. The van der Waals surface area contributed by atoms with Gasteiger partial charge in [0.05, 0.1) is 0 Å². The van der Waals surface area contributed by atoms with Crippen LogP contribution in [-0.4, -0.2) is 39.7 Å². The van der Waals surface area contributed by atoms with Crippen LogP contribution in [0.3, 0.4) is 0 Å². The summed E-state index contributed by atoms with van der Waals surface area (Å²) in [6, 6.07) is -1.40. The smallest absolute Gasteiger partial charge is 0.325 e. The molecule has 2 amide bonds. The minimum Gasteiger partial charge on any atom is -0.480 e. The average Bonchev–Trinajstić information content (AvgIpc) is 2.70. The number of aromatic nitrogens is 2. The molecule has 0 spiro atoms. The Morgan fingerprint density at radius 1 is 1.62 bits per heavy atom. The molecule has 1 atom stereocenters. The number of carbonyl (C=O) groups excluding carboxylic acids is 1. The third-order valence-electron chi connectivity index (χ3n) is 1.92. The molecule has 4 N–H and O–H groups in total. The molecule has 0 aliphatic rings. The summed E-state index contributed by atoms with van der Waals surface area (Å²) in [4.78, 5) is 28.5. The third kappa shape index (κ3) is 3.99. The average molecular weight is 226 g/mol. The number of nitrogens with one attached hydrogen (secondary N) is 3. The van der Waals surface area contributed by atoms with E-state index >= 15 is 0 Å². The normalized spacial score (nSPS) is 11.8. The predicted octanol–water partition coefficient (Wildman–Crippen LogP) is -0.275. The Labute approximate surface area is 92.3 Å². The molecular weight excluding hydrogens is 212 g/mol. The van der Waals surface area contributed by atoms with Gasteiger partial charge in [0.2, 0.25) is 0 Å². The Bertz CT molecular complexity index is 350. The summed E-state index contributed by atoms with van der Waals surface area (Å²) >= 11 is 0. The lowest BCUT2D eigenvalue weighted by Gasteiger charge is -2.09. The highest BCUT2D eigenvalue weighted by atomic mass is 16.4. The first-order valence-electron chi connectivity index (χ1n) is 4.85. The van der Waals surface area contributed by atoms with Crippen LogP contribution >= 0.6 is 0 Å². The van der Waals surface area contributed by atoms with Gasteiger partial charge in [-0.25, -0.2) is 9.78 Å². The molecule has 0 saturated carbocycles. The number of nitrogens with zero attached hydrogens (tertiary/aromatic N) is 1. The molecule has 0 aliphatic heterocycles. The number of rotatable bonds is 5. The van der Waals surface area contributed by atoms with Crippen molar-refractivity contribution in [2.24, 2.45) is 0 Å². The van der Waals surface area contributed by atoms with Crippen LogP contribution < -0.4 is 10.6 Å². The molecule has 7 nitrogen and oxygen atoms in total. The monoisotopic (exact) mass is 226 g/mol. The summed E-state index contributed by atoms with van der Waals surface area (Å²) in [6.45, 7) is 1.79. The van der Waals surface area contributed by atoms with Crippen LogP contribution in [0.1, 0.15) is 12.7 Å². The summed E-state index contributed by atoms with van der Waals surface area (Å²) in [5.41, 5.74) is 0. The van der Waals surface area contributed by atoms with E-state index in [4.69, 9.17) is 5.11 Å². The minimum atomic E-state index is -1.07. The van der Waals surface area contributed by atoms with Crippen molar-refractivity contribution in [3.63, 3.8) is 0 Å². The van der Waals surface area contributed by atoms with Gasteiger partial charge in [0, 0.05) is 25.4 Å². The van der Waals surface area contributed by atoms with E-state index < -0.39 is 18.0 Å². The second kappa shape index (κ2) is 5.74. The van der Waals surface area contributed by atoms with Crippen molar-refractivity contribution in [2.75, 3.05) is 6.54 Å². The van der Waals surface area contributed by atoms with Gasteiger partial charge in [0.15, 0.2) is 0 Å². The molecule has 0 unspecified atom stereocenters. The summed E-state index contributed by atoms with van der Waals surface area (Å²) in [5, 5.41) is 13.4. The molecule has 0 fully saturated rings. The van der Waals surface area contributed by atoms with Crippen LogP contribution in [0, 0.1) is 0 Å². The largest absolute Gasteiger partial charge is 0.480 e. The zero-order valence-corrected chi connectivity index (χ0v) is 8.86. The Balaban J connectivity index is 2.18. The molecule has 0 bridgehead atoms. The maximum absolute atomic E-state index is 11.2. The Hall–Kier alpha value is -2.05. The Morgan fingerprint density at radius 3 is 2.94 bits per heavy atom. The highest BCUT2D eigenvalue weighted by Crippen LogP contribution is 1.88. The lowest BCUT2D eigenvalue weighted by atomic mass is 10.3. The van der Waals surface area contributed by atoms with Crippen molar-refractivity contribution < 1.29 is 14.7 Å². The zero-order valence-electron chi connectivity index (χ0n) is 8.86. The Kier molecular flexibility index (Phi) is 4.31. The van der Waals surface area contributed by atoms with Gasteiger partial charge in [0.25, 0.3) is 0 Å². The fourth-order valence-electron chi connectivity index (χ4n) is 1.04. The topological polar surface area (TPSA) is 107 Å². The summed E-state index contributed by atoms with van der Waals surface area (Å²) < 4.78 is 0. The number of hydrogen-bond acceptors (Lipinski definition) is 3. The van der Waals surface area contributed by atoms with Crippen molar-refractivity contribution in [3.8, 4) is 0 Å². The standard InChI is InChI=1S/C9H14N4O3/c1-6(8(14)15)13-9(16)12-3-2-7-10-4-5-11-7/h4-6H,2-3H2,1H3,(H,10,11)(H,14,15)(H2,12,13,16)/t6-/m1/s1. The maximum Gasteiger partial charge on any atom is 0.325 e. The van der Waals surface area contributed by atoms with E-state index in [2.05, 4.69) is 20.6 Å². The number of carboxylic acids is 1. The highest BCUT2D eigenvalue weighted by Gasteiger charge is 2.12. The van der Waals surface area contributed by atoms with E-state index in [1.165, 1.54) is 6.92 Å². The molecule has 0 aromatic carbocycles. The number of imidazole rings is 1. The second-order valence-electron chi connectivity index (χ2n) is 3.25. The van der Waals surface area contributed by atoms with Crippen molar-refractivity contribution in [2.45, 2.75) is 19.4 Å². The maximum atomic E-state index is 11.2. The second-order valence-corrected chi connectivity index (χ2v) is 3.25. The molecule has 0 aliphatic carbocycles. The first-order valence-corrected chi connectivity index (χ1v) is 4.85. The minimum absolute atomic E-state index is 0.395. The fourth-order valence-corrected chi connectivity index (χ4v) is 1.04. The first-order chi connectivity index (χ1) is 7.59. The number of aromatic amines is 1. The number of urea groups is 1. The molecule has 88 valence electrons. The fraction of sp³-hybridized carbons (Fsp3) is 0.444. The third-order valence-corrected chi connectivity index (χ3v) is 1.92. The van der Waals surface area contributed by atoms with Crippen LogP contribution in [-0.2, 0) is 11.2 Å². The first kappa shape index (κ1) is 12.0. The van der Waals surface area contributed by atoms with Crippen molar-refractivity contribution >= 4 is 12.0 Å². The Morgan fingerprint density at radius 2 is 2.38 bits per heavy atom. The predicted molar refractivity (Wildman–Crippen MR) is 55.9 cm³/mol. The summed E-state index contributed by atoms with van der Waals surface area (Å²) in [5.74, 6) is -0.298. The number of carbonyl (C=O) groups is 2. The molecule has 0 radical (unpaired) electrons.